The highest BCUT2D eigenvalue weighted by molar-refractivity contribution is 6.31. The van der Waals surface area contributed by atoms with Gasteiger partial charge in [-0.3, -0.25) is 9.78 Å². The number of methoxy groups -OCH3 is 1. The number of pyridine rings is 1. The topological polar surface area (TPSA) is 51.2 Å². The molecule has 0 aliphatic carbocycles. The molecule has 1 N–H and O–H groups in total. The van der Waals surface area contributed by atoms with Gasteiger partial charge in [-0.1, -0.05) is 23.7 Å². The van der Waals surface area contributed by atoms with Crippen molar-refractivity contribution in [2.24, 2.45) is 0 Å². The number of nitrogens with zero attached hydrogens (tertiary/aromatic N) is 1. The van der Waals surface area contributed by atoms with Crippen molar-refractivity contribution in [3.05, 3.63) is 58.9 Å². The largest absolute Gasteiger partial charge is 0.497 e. The van der Waals surface area contributed by atoms with Gasteiger partial charge in [0.15, 0.2) is 0 Å². The number of benzene rings is 1. The highest BCUT2D eigenvalue weighted by Crippen LogP contribution is 2.22. The van der Waals surface area contributed by atoms with Crippen LogP contribution in [0.3, 0.4) is 0 Å². The first-order valence-corrected chi connectivity index (χ1v) is 6.55. The lowest BCUT2D eigenvalue weighted by Crippen LogP contribution is -2.24. The standard InChI is InChI=1S/C15H15ClN2O2/c1-20-13-5-4-12(14(16)8-13)7-15(19)18-10-11-3-2-6-17-9-11/h2-6,8-9H,7,10H2,1H3,(H,18,19). The van der Waals surface area contributed by atoms with Crippen LogP contribution in [0.5, 0.6) is 5.75 Å². The normalized spacial score (nSPS) is 10.1. The van der Waals surface area contributed by atoms with Crippen molar-refractivity contribution >= 4 is 17.5 Å². The van der Waals surface area contributed by atoms with Gasteiger partial charge in [0.25, 0.3) is 0 Å². The molecule has 0 aliphatic heterocycles. The summed E-state index contributed by atoms with van der Waals surface area (Å²) in [6.07, 6.45) is 3.66. The van der Waals surface area contributed by atoms with Gasteiger partial charge < -0.3 is 10.1 Å². The Morgan fingerprint density at radius 2 is 2.25 bits per heavy atom. The summed E-state index contributed by atoms with van der Waals surface area (Å²) >= 11 is 6.10. The second kappa shape index (κ2) is 6.91. The highest BCUT2D eigenvalue weighted by atomic mass is 35.5. The summed E-state index contributed by atoms with van der Waals surface area (Å²) in [4.78, 5) is 15.9. The summed E-state index contributed by atoms with van der Waals surface area (Å²) in [5.74, 6) is 0.593. The molecule has 2 aromatic rings. The van der Waals surface area contributed by atoms with Gasteiger partial charge in [0.05, 0.1) is 13.5 Å². The van der Waals surface area contributed by atoms with E-state index in [1.54, 1.807) is 37.7 Å². The van der Waals surface area contributed by atoms with E-state index in [4.69, 9.17) is 16.3 Å². The second-order valence-corrected chi connectivity index (χ2v) is 4.68. The molecule has 104 valence electrons. The lowest BCUT2D eigenvalue weighted by atomic mass is 10.1. The quantitative estimate of drug-likeness (QED) is 0.921. The fourth-order valence-corrected chi connectivity index (χ4v) is 1.97. The maximum Gasteiger partial charge on any atom is 0.224 e. The van der Waals surface area contributed by atoms with Crippen molar-refractivity contribution in [2.75, 3.05) is 7.11 Å². The van der Waals surface area contributed by atoms with Gasteiger partial charge in [-0.05, 0) is 29.3 Å². The molecule has 1 heterocycles. The fourth-order valence-electron chi connectivity index (χ4n) is 1.74. The Kier molecular flexibility index (Phi) is 4.96. The summed E-state index contributed by atoms with van der Waals surface area (Å²) in [6.45, 7) is 0.459. The van der Waals surface area contributed by atoms with Crippen molar-refractivity contribution in [2.45, 2.75) is 13.0 Å². The average Bonchev–Trinajstić information content (AvgIpc) is 2.48. The Bertz CT molecular complexity index is 588. The van der Waals surface area contributed by atoms with Crippen LogP contribution in [0.1, 0.15) is 11.1 Å². The average molecular weight is 291 g/mol. The number of amides is 1. The summed E-state index contributed by atoms with van der Waals surface area (Å²) in [7, 11) is 1.58. The maximum absolute atomic E-state index is 11.9. The molecule has 0 saturated heterocycles. The summed E-state index contributed by atoms with van der Waals surface area (Å²) in [5.41, 5.74) is 1.73. The van der Waals surface area contributed by atoms with Crippen LogP contribution in [0, 0.1) is 0 Å². The molecule has 1 amide bonds. The SMILES string of the molecule is COc1ccc(CC(=O)NCc2cccnc2)c(Cl)c1. The van der Waals surface area contributed by atoms with Crippen LogP contribution < -0.4 is 10.1 Å². The Morgan fingerprint density at radius 3 is 2.90 bits per heavy atom. The van der Waals surface area contributed by atoms with Crippen LogP contribution in [0.25, 0.3) is 0 Å². The van der Waals surface area contributed by atoms with E-state index >= 15 is 0 Å². The number of carbonyl (C=O) groups excluding carboxylic acids is 1. The van der Waals surface area contributed by atoms with Gasteiger partial charge in [-0.15, -0.1) is 0 Å². The third-order valence-electron chi connectivity index (χ3n) is 2.82. The van der Waals surface area contributed by atoms with Gasteiger partial charge >= 0.3 is 0 Å². The van der Waals surface area contributed by atoms with Crippen molar-refractivity contribution in [1.82, 2.24) is 10.3 Å². The predicted molar refractivity (Wildman–Crippen MR) is 77.8 cm³/mol. The number of ether oxygens (including phenoxy) is 1. The zero-order chi connectivity index (χ0) is 14.4. The Morgan fingerprint density at radius 1 is 1.40 bits per heavy atom. The molecule has 0 saturated carbocycles. The minimum atomic E-state index is -0.0825. The van der Waals surface area contributed by atoms with Gasteiger partial charge in [0, 0.05) is 24.0 Å². The van der Waals surface area contributed by atoms with E-state index in [0.717, 1.165) is 11.1 Å². The zero-order valence-corrected chi connectivity index (χ0v) is 11.9. The second-order valence-electron chi connectivity index (χ2n) is 4.27. The number of halogens is 1. The number of hydrogen-bond donors (Lipinski definition) is 1. The number of nitrogens with one attached hydrogen (secondary N) is 1. The molecular formula is C15H15ClN2O2. The Hall–Kier alpha value is -2.07. The lowest BCUT2D eigenvalue weighted by molar-refractivity contribution is -0.120. The van der Waals surface area contributed by atoms with Crippen LogP contribution in [-0.4, -0.2) is 18.0 Å². The van der Waals surface area contributed by atoms with Crippen LogP contribution in [0.4, 0.5) is 0 Å². The number of carbonyl (C=O) groups is 1. The van der Waals surface area contributed by atoms with E-state index in [-0.39, 0.29) is 12.3 Å². The van der Waals surface area contributed by atoms with Crippen molar-refractivity contribution in [1.29, 1.82) is 0 Å². The summed E-state index contributed by atoms with van der Waals surface area (Å²) < 4.78 is 5.07. The summed E-state index contributed by atoms with van der Waals surface area (Å²) in [5, 5.41) is 3.36. The third kappa shape index (κ3) is 3.96. The Balaban J connectivity index is 1.91. The van der Waals surface area contributed by atoms with Crippen LogP contribution in [0.2, 0.25) is 5.02 Å². The molecule has 4 nitrogen and oxygen atoms in total. The minimum Gasteiger partial charge on any atom is -0.497 e. The molecule has 0 aliphatic rings. The number of rotatable bonds is 5. The third-order valence-corrected chi connectivity index (χ3v) is 3.18. The van der Waals surface area contributed by atoms with E-state index in [2.05, 4.69) is 10.3 Å². The van der Waals surface area contributed by atoms with Gasteiger partial charge in [0.1, 0.15) is 5.75 Å². The zero-order valence-electron chi connectivity index (χ0n) is 11.1. The molecule has 0 atom stereocenters. The molecule has 5 heteroatoms. The van der Waals surface area contributed by atoms with Crippen molar-refractivity contribution in [3.63, 3.8) is 0 Å². The maximum atomic E-state index is 11.9. The number of hydrogen-bond acceptors (Lipinski definition) is 3. The molecule has 0 bridgehead atoms. The van der Waals surface area contributed by atoms with Gasteiger partial charge in [-0.25, -0.2) is 0 Å². The molecular weight excluding hydrogens is 276 g/mol. The van der Waals surface area contributed by atoms with Crippen molar-refractivity contribution < 1.29 is 9.53 Å². The van der Waals surface area contributed by atoms with E-state index in [1.165, 1.54) is 0 Å². The van der Waals surface area contributed by atoms with Crippen LogP contribution in [0.15, 0.2) is 42.7 Å². The monoisotopic (exact) mass is 290 g/mol. The first-order valence-electron chi connectivity index (χ1n) is 6.17. The van der Waals surface area contributed by atoms with E-state index in [0.29, 0.717) is 17.3 Å². The molecule has 20 heavy (non-hydrogen) atoms. The molecule has 2 rings (SSSR count). The number of aromatic nitrogens is 1. The lowest BCUT2D eigenvalue weighted by Gasteiger charge is -2.08. The van der Waals surface area contributed by atoms with Gasteiger partial charge in [-0.2, -0.15) is 0 Å². The molecule has 0 radical (unpaired) electrons. The van der Waals surface area contributed by atoms with E-state index in [1.807, 2.05) is 12.1 Å². The van der Waals surface area contributed by atoms with E-state index in [9.17, 15) is 4.79 Å². The minimum absolute atomic E-state index is 0.0825. The molecule has 0 unspecified atom stereocenters. The predicted octanol–water partition coefficient (Wildman–Crippen LogP) is 2.60. The highest BCUT2D eigenvalue weighted by Gasteiger charge is 2.08. The Labute approximate surface area is 122 Å². The molecule has 1 aromatic carbocycles. The smallest absolute Gasteiger partial charge is 0.224 e. The van der Waals surface area contributed by atoms with Crippen LogP contribution in [-0.2, 0) is 17.8 Å². The van der Waals surface area contributed by atoms with Crippen LogP contribution >= 0.6 is 11.6 Å². The first-order chi connectivity index (χ1) is 9.69. The molecule has 1 aromatic heterocycles. The van der Waals surface area contributed by atoms with Gasteiger partial charge in [0.2, 0.25) is 5.91 Å². The fraction of sp³-hybridized carbons (Fsp3) is 0.200. The molecule has 0 spiro atoms. The van der Waals surface area contributed by atoms with Crippen molar-refractivity contribution in [3.8, 4) is 5.75 Å². The first kappa shape index (κ1) is 14.3. The molecule has 0 fully saturated rings. The summed E-state index contributed by atoms with van der Waals surface area (Å²) in [6, 6.07) is 9.03. The van der Waals surface area contributed by atoms with E-state index < -0.39 is 0 Å².